The summed E-state index contributed by atoms with van der Waals surface area (Å²) < 4.78 is 47.5. The number of nitrogens with one attached hydrogen (secondary N) is 1. The van der Waals surface area contributed by atoms with Crippen molar-refractivity contribution in [1.29, 1.82) is 0 Å². The quantitative estimate of drug-likeness (QED) is 0.743. The Morgan fingerprint density at radius 1 is 1.20 bits per heavy atom. The van der Waals surface area contributed by atoms with Crippen LogP contribution in [0.25, 0.3) is 5.82 Å². The Labute approximate surface area is 143 Å². The van der Waals surface area contributed by atoms with Crippen molar-refractivity contribution in [3.8, 4) is 11.6 Å². The van der Waals surface area contributed by atoms with Crippen molar-refractivity contribution in [1.82, 2.24) is 19.5 Å². The van der Waals surface area contributed by atoms with Crippen molar-refractivity contribution in [3.05, 3.63) is 54.6 Å². The summed E-state index contributed by atoms with van der Waals surface area (Å²) in [6, 6.07) is 4.67. The third-order valence-electron chi connectivity index (χ3n) is 3.38. The zero-order valence-electron chi connectivity index (χ0n) is 13.3. The summed E-state index contributed by atoms with van der Waals surface area (Å²) in [4.78, 5) is 11.7. The van der Waals surface area contributed by atoms with E-state index >= 15 is 0 Å². The van der Waals surface area contributed by atoms with E-state index in [1.54, 1.807) is 23.9 Å². The highest BCUT2D eigenvalue weighted by atomic mass is 32.2. The number of methoxy groups -OCH3 is 1. The van der Waals surface area contributed by atoms with Gasteiger partial charge in [-0.1, -0.05) is 0 Å². The standard InChI is InChI=1S/C15H14FN5O3S/c1-10-17-5-6-21(10)15-8-14(18-9-19-15)20-25(22,23)13-7-11(16)3-4-12(13)24-2/h3-9H,1-2H3,(H,18,19,20). The predicted octanol–water partition coefficient (Wildman–Crippen LogP) is 1.92. The first-order chi connectivity index (χ1) is 11.9. The summed E-state index contributed by atoms with van der Waals surface area (Å²) in [7, 11) is -2.80. The van der Waals surface area contributed by atoms with Crippen LogP contribution in [-0.4, -0.2) is 35.0 Å². The number of nitrogens with zero attached hydrogens (tertiary/aromatic N) is 4. The van der Waals surface area contributed by atoms with Crippen molar-refractivity contribution in [2.45, 2.75) is 11.8 Å². The minimum atomic E-state index is -4.10. The average Bonchev–Trinajstić information content (AvgIpc) is 3.01. The normalized spacial score (nSPS) is 11.3. The summed E-state index contributed by atoms with van der Waals surface area (Å²) in [5.74, 6) is 0.477. The van der Waals surface area contributed by atoms with E-state index < -0.39 is 15.8 Å². The summed E-state index contributed by atoms with van der Waals surface area (Å²) >= 11 is 0. The van der Waals surface area contributed by atoms with E-state index in [0.29, 0.717) is 11.6 Å². The Bertz CT molecular complexity index is 1020. The highest BCUT2D eigenvalue weighted by Crippen LogP contribution is 2.26. The zero-order chi connectivity index (χ0) is 18.0. The van der Waals surface area contributed by atoms with Crippen molar-refractivity contribution >= 4 is 15.8 Å². The summed E-state index contributed by atoms with van der Waals surface area (Å²) in [6.45, 7) is 1.78. The lowest BCUT2D eigenvalue weighted by Crippen LogP contribution is -2.16. The molecule has 0 spiro atoms. The number of hydrogen-bond acceptors (Lipinski definition) is 6. The fraction of sp³-hybridized carbons (Fsp3) is 0.133. The molecule has 25 heavy (non-hydrogen) atoms. The van der Waals surface area contributed by atoms with E-state index in [9.17, 15) is 12.8 Å². The van der Waals surface area contributed by atoms with E-state index in [0.717, 1.165) is 12.1 Å². The maximum atomic E-state index is 13.5. The van der Waals surface area contributed by atoms with Crippen LogP contribution in [0.2, 0.25) is 0 Å². The van der Waals surface area contributed by atoms with Crippen LogP contribution < -0.4 is 9.46 Å². The van der Waals surface area contributed by atoms with Crippen LogP contribution >= 0.6 is 0 Å². The predicted molar refractivity (Wildman–Crippen MR) is 87.7 cm³/mol. The molecule has 0 saturated heterocycles. The van der Waals surface area contributed by atoms with Crippen LogP contribution in [0, 0.1) is 12.7 Å². The van der Waals surface area contributed by atoms with Crippen molar-refractivity contribution < 1.29 is 17.5 Å². The van der Waals surface area contributed by atoms with Crippen molar-refractivity contribution in [3.63, 3.8) is 0 Å². The number of anilines is 1. The number of sulfonamides is 1. The maximum absolute atomic E-state index is 13.5. The maximum Gasteiger partial charge on any atom is 0.266 e. The molecular formula is C15H14FN5O3S. The molecule has 0 atom stereocenters. The van der Waals surface area contributed by atoms with Gasteiger partial charge in [-0.15, -0.1) is 0 Å². The Morgan fingerprint density at radius 2 is 2.00 bits per heavy atom. The van der Waals surface area contributed by atoms with E-state index in [4.69, 9.17) is 4.74 Å². The first-order valence-corrected chi connectivity index (χ1v) is 8.58. The van der Waals surface area contributed by atoms with Gasteiger partial charge in [0.15, 0.2) is 0 Å². The van der Waals surface area contributed by atoms with Gasteiger partial charge >= 0.3 is 0 Å². The summed E-state index contributed by atoms with van der Waals surface area (Å²) in [6.07, 6.45) is 4.50. The highest BCUT2D eigenvalue weighted by Gasteiger charge is 2.21. The smallest absolute Gasteiger partial charge is 0.266 e. The molecule has 0 aliphatic carbocycles. The number of aryl methyl sites for hydroxylation is 1. The lowest BCUT2D eigenvalue weighted by Gasteiger charge is -2.12. The molecule has 0 unspecified atom stereocenters. The topological polar surface area (TPSA) is 99.0 Å². The monoisotopic (exact) mass is 363 g/mol. The first kappa shape index (κ1) is 16.8. The van der Waals surface area contributed by atoms with Crippen molar-refractivity contribution in [2.24, 2.45) is 0 Å². The molecule has 10 heteroatoms. The summed E-state index contributed by atoms with van der Waals surface area (Å²) in [5, 5.41) is 0. The highest BCUT2D eigenvalue weighted by molar-refractivity contribution is 7.92. The van der Waals surface area contributed by atoms with E-state index in [2.05, 4.69) is 19.7 Å². The molecule has 0 aliphatic rings. The van der Waals surface area contributed by atoms with Crippen LogP contribution in [0.15, 0.2) is 47.9 Å². The van der Waals surface area contributed by atoms with Crippen LogP contribution in [-0.2, 0) is 10.0 Å². The Kier molecular flexibility index (Phi) is 4.36. The van der Waals surface area contributed by atoms with Crippen LogP contribution in [0.5, 0.6) is 5.75 Å². The molecular weight excluding hydrogens is 349 g/mol. The van der Waals surface area contributed by atoms with Gasteiger partial charge < -0.3 is 4.74 Å². The van der Waals surface area contributed by atoms with E-state index in [1.807, 2.05) is 0 Å². The number of halogens is 1. The van der Waals surface area contributed by atoms with Gasteiger partial charge in [0.25, 0.3) is 10.0 Å². The number of ether oxygens (including phenoxy) is 1. The average molecular weight is 363 g/mol. The molecule has 3 aromatic rings. The van der Waals surface area contributed by atoms with Gasteiger partial charge in [0.05, 0.1) is 7.11 Å². The Morgan fingerprint density at radius 3 is 2.68 bits per heavy atom. The van der Waals surface area contributed by atoms with Crippen LogP contribution in [0.4, 0.5) is 10.2 Å². The number of aromatic nitrogens is 4. The van der Waals surface area contributed by atoms with Crippen molar-refractivity contribution in [2.75, 3.05) is 11.8 Å². The number of rotatable bonds is 5. The lowest BCUT2D eigenvalue weighted by atomic mass is 10.3. The zero-order valence-corrected chi connectivity index (χ0v) is 14.2. The molecule has 0 amide bonds. The SMILES string of the molecule is COc1ccc(F)cc1S(=O)(=O)Nc1cc(-n2ccnc2C)ncn1. The third kappa shape index (κ3) is 3.43. The number of benzene rings is 1. The molecule has 0 aliphatic heterocycles. The minimum Gasteiger partial charge on any atom is -0.495 e. The second kappa shape index (κ2) is 6.48. The molecule has 0 radical (unpaired) electrons. The van der Waals surface area contributed by atoms with Crippen LogP contribution in [0.1, 0.15) is 5.82 Å². The fourth-order valence-electron chi connectivity index (χ4n) is 2.21. The largest absolute Gasteiger partial charge is 0.495 e. The molecule has 3 rings (SSSR count). The molecule has 0 bridgehead atoms. The lowest BCUT2D eigenvalue weighted by molar-refractivity contribution is 0.401. The molecule has 0 fully saturated rings. The molecule has 8 nitrogen and oxygen atoms in total. The van der Waals surface area contributed by atoms with Gasteiger partial charge in [0.2, 0.25) is 0 Å². The molecule has 2 aromatic heterocycles. The van der Waals surface area contributed by atoms with E-state index in [1.165, 1.54) is 25.6 Å². The first-order valence-electron chi connectivity index (χ1n) is 7.09. The van der Waals surface area contributed by atoms with Gasteiger partial charge in [0, 0.05) is 18.5 Å². The second-order valence-electron chi connectivity index (χ2n) is 5.01. The molecule has 2 heterocycles. The minimum absolute atomic E-state index is 0.0219. The number of hydrogen-bond donors (Lipinski definition) is 1. The third-order valence-corrected chi connectivity index (χ3v) is 4.76. The van der Waals surface area contributed by atoms with Gasteiger partial charge in [-0.2, -0.15) is 0 Å². The van der Waals surface area contributed by atoms with Crippen LogP contribution in [0.3, 0.4) is 0 Å². The van der Waals surface area contributed by atoms with Gasteiger partial charge in [-0.25, -0.2) is 27.8 Å². The molecule has 130 valence electrons. The number of imidazole rings is 1. The fourth-order valence-corrected chi connectivity index (χ4v) is 3.39. The van der Waals surface area contributed by atoms with Gasteiger partial charge in [0.1, 0.15) is 40.2 Å². The van der Waals surface area contributed by atoms with Gasteiger partial charge in [-0.3, -0.25) is 9.29 Å². The Hall–Kier alpha value is -3.01. The molecule has 0 saturated carbocycles. The second-order valence-corrected chi connectivity index (χ2v) is 6.66. The molecule has 1 aromatic carbocycles. The summed E-state index contributed by atoms with van der Waals surface area (Å²) in [5.41, 5.74) is 0. The van der Waals surface area contributed by atoms with E-state index in [-0.39, 0.29) is 16.5 Å². The van der Waals surface area contributed by atoms with Gasteiger partial charge in [-0.05, 0) is 25.1 Å². The molecule has 1 N–H and O–H groups in total. The Balaban J connectivity index is 1.97.